The molecule has 0 atom stereocenters. The van der Waals surface area contributed by atoms with E-state index in [1.807, 2.05) is 32.9 Å². The third-order valence-corrected chi connectivity index (χ3v) is 1.57. The van der Waals surface area contributed by atoms with Crippen molar-refractivity contribution in [3.05, 3.63) is 35.4 Å². The van der Waals surface area contributed by atoms with E-state index in [2.05, 4.69) is 11.2 Å². The van der Waals surface area contributed by atoms with Crippen LogP contribution in [0.2, 0.25) is 0 Å². The average molecular weight is 202 g/mol. The van der Waals surface area contributed by atoms with Gasteiger partial charge in [0.1, 0.15) is 5.60 Å². The number of rotatable bonds is 2. The van der Waals surface area contributed by atoms with E-state index in [-0.39, 0.29) is 5.60 Å². The SMILES string of the molecule is CC(C)(C)ON=Cc1ccc(C#N)cc1. The molecule has 0 fully saturated rings. The Morgan fingerprint density at radius 1 is 1.27 bits per heavy atom. The number of benzene rings is 1. The first kappa shape index (κ1) is 11.3. The highest BCUT2D eigenvalue weighted by atomic mass is 16.6. The summed E-state index contributed by atoms with van der Waals surface area (Å²) in [4.78, 5) is 5.19. The van der Waals surface area contributed by atoms with Gasteiger partial charge in [0.2, 0.25) is 0 Å². The molecule has 0 aliphatic rings. The standard InChI is InChI=1S/C12H14N2O/c1-12(2,3)15-14-9-11-6-4-10(8-13)5-7-11/h4-7,9H,1-3H3. The molecule has 0 N–H and O–H groups in total. The van der Waals surface area contributed by atoms with E-state index in [0.29, 0.717) is 5.56 Å². The molecule has 0 aliphatic heterocycles. The third-order valence-electron chi connectivity index (χ3n) is 1.57. The van der Waals surface area contributed by atoms with Crippen molar-refractivity contribution in [1.29, 1.82) is 5.26 Å². The minimum Gasteiger partial charge on any atom is -0.390 e. The second-order valence-electron chi connectivity index (χ2n) is 4.17. The van der Waals surface area contributed by atoms with Gasteiger partial charge < -0.3 is 4.84 Å². The fourth-order valence-corrected chi connectivity index (χ4v) is 0.889. The van der Waals surface area contributed by atoms with Crippen molar-refractivity contribution < 1.29 is 4.84 Å². The van der Waals surface area contributed by atoms with Gasteiger partial charge in [-0.3, -0.25) is 0 Å². The van der Waals surface area contributed by atoms with Crippen LogP contribution in [0.4, 0.5) is 0 Å². The summed E-state index contributed by atoms with van der Waals surface area (Å²) < 4.78 is 0. The molecule has 0 unspecified atom stereocenters. The zero-order valence-corrected chi connectivity index (χ0v) is 9.19. The highest BCUT2D eigenvalue weighted by molar-refractivity contribution is 5.79. The summed E-state index contributed by atoms with van der Waals surface area (Å²) in [5.41, 5.74) is 1.28. The summed E-state index contributed by atoms with van der Waals surface area (Å²) in [6.07, 6.45) is 1.63. The number of hydrogen-bond acceptors (Lipinski definition) is 3. The zero-order chi connectivity index (χ0) is 11.3. The van der Waals surface area contributed by atoms with Crippen molar-refractivity contribution in [2.45, 2.75) is 26.4 Å². The largest absolute Gasteiger partial charge is 0.390 e. The smallest absolute Gasteiger partial charge is 0.129 e. The van der Waals surface area contributed by atoms with Crippen LogP contribution in [0.15, 0.2) is 29.4 Å². The van der Waals surface area contributed by atoms with E-state index in [1.165, 1.54) is 0 Å². The van der Waals surface area contributed by atoms with E-state index in [9.17, 15) is 0 Å². The maximum atomic E-state index is 8.60. The van der Waals surface area contributed by atoms with Crippen LogP contribution in [-0.4, -0.2) is 11.8 Å². The molecular weight excluding hydrogens is 188 g/mol. The first-order chi connectivity index (χ1) is 7.01. The van der Waals surface area contributed by atoms with E-state index >= 15 is 0 Å². The number of hydrogen-bond donors (Lipinski definition) is 0. The number of nitriles is 1. The van der Waals surface area contributed by atoms with Crippen molar-refractivity contribution in [3.8, 4) is 6.07 Å². The fourth-order valence-electron chi connectivity index (χ4n) is 0.889. The molecule has 0 spiro atoms. The van der Waals surface area contributed by atoms with Gasteiger partial charge in [0.25, 0.3) is 0 Å². The first-order valence-corrected chi connectivity index (χ1v) is 4.73. The van der Waals surface area contributed by atoms with Crippen LogP contribution in [0.3, 0.4) is 0 Å². The molecule has 3 nitrogen and oxygen atoms in total. The second kappa shape index (κ2) is 4.61. The summed E-state index contributed by atoms with van der Waals surface area (Å²) >= 11 is 0. The van der Waals surface area contributed by atoms with Crippen LogP contribution in [-0.2, 0) is 4.84 Å². The molecule has 15 heavy (non-hydrogen) atoms. The molecule has 3 heteroatoms. The average Bonchev–Trinajstić information content (AvgIpc) is 2.17. The van der Waals surface area contributed by atoms with Crippen LogP contribution < -0.4 is 0 Å². The predicted octanol–water partition coefficient (Wildman–Crippen LogP) is 2.71. The Balaban J connectivity index is 2.62. The highest BCUT2D eigenvalue weighted by Gasteiger charge is 2.09. The molecular formula is C12H14N2O. The van der Waals surface area contributed by atoms with Gasteiger partial charge in [0.15, 0.2) is 0 Å². The second-order valence-corrected chi connectivity index (χ2v) is 4.17. The minimum atomic E-state index is -0.275. The van der Waals surface area contributed by atoms with Gasteiger partial charge in [-0.25, -0.2) is 0 Å². The van der Waals surface area contributed by atoms with Crippen LogP contribution in [0, 0.1) is 11.3 Å². The highest BCUT2D eigenvalue weighted by Crippen LogP contribution is 2.07. The van der Waals surface area contributed by atoms with Gasteiger partial charge >= 0.3 is 0 Å². The Hall–Kier alpha value is -1.82. The summed E-state index contributed by atoms with van der Waals surface area (Å²) in [6, 6.07) is 9.21. The lowest BCUT2D eigenvalue weighted by molar-refractivity contribution is 0.00199. The maximum absolute atomic E-state index is 8.60. The topological polar surface area (TPSA) is 45.4 Å². The van der Waals surface area contributed by atoms with Crippen LogP contribution >= 0.6 is 0 Å². The Labute approximate surface area is 90.0 Å². The van der Waals surface area contributed by atoms with Gasteiger partial charge in [0, 0.05) is 0 Å². The molecule has 0 amide bonds. The monoisotopic (exact) mass is 202 g/mol. The summed E-state index contributed by atoms with van der Waals surface area (Å²) in [5.74, 6) is 0. The lowest BCUT2D eigenvalue weighted by Gasteiger charge is -2.14. The molecule has 1 rings (SSSR count). The minimum absolute atomic E-state index is 0.275. The molecule has 0 radical (unpaired) electrons. The van der Waals surface area contributed by atoms with E-state index in [4.69, 9.17) is 10.1 Å². The van der Waals surface area contributed by atoms with Crippen LogP contribution in [0.1, 0.15) is 31.9 Å². The Bertz CT molecular complexity index is 380. The van der Waals surface area contributed by atoms with Crippen molar-refractivity contribution in [2.75, 3.05) is 0 Å². The lowest BCUT2D eigenvalue weighted by atomic mass is 10.2. The Kier molecular flexibility index (Phi) is 3.46. The van der Waals surface area contributed by atoms with Gasteiger partial charge in [-0.15, -0.1) is 0 Å². The van der Waals surface area contributed by atoms with Crippen molar-refractivity contribution in [3.63, 3.8) is 0 Å². The molecule has 0 heterocycles. The Morgan fingerprint density at radius 3 is 2.33 bits per heavy atom. The number of oxime groups is 1. The van der Waals surface area contributed by atoms with Crippen LogP contribution in [0.5, 0.6) is 0 Å². The lowest BCUT2D eigenvalue weighted by Crippen LogP contribution is -2.15. The van der Waals surface area contributed by atoms with Crippen molar-refractivity contribution >= 4 is 6.21 Å². The summed E-state index contributed by atoms with van der Waals surface area (Å²) in [5, 5.41) is 12.5. The summed E-state index contributed by atoms with van der Waals surface area (Å²) in [7, 11) is 0. The molecule has 0 aromatic heterocycles. The van der Waals surface area contributed by atoms with Crippen LogP contribution in [0.25, 0.3) is 0 Å². The maximum Gasteiger partial charge on any atom is 0.129 e. The molecule has 1 aromatic carbocycles. The first-order valence-electron chi connectivity index (χ1n) is 4.73. The van der Waals surface area contributed by atoms with Crippen molar-refractivity contribution in [1.82, 2.24) is 0 Å². The zero-order valence-electron chi connectivity index (χ0n) is 9.19. The molecule has 78 valence electrons. The molecule has 0 aliphatic carbocycles. The van der Waals surface area contributed by atoms with E-state index in [0.717, 1.165) is 5.56 Å². The third kappa shape index (κ3) is 4.28. The fraction of sp³-hybridized carbons (Fsp3) is 0.333. The molecule has 1 aromatic rings. The van der Waals surface area contributed by atoms with Gasteiger partial charge in [0.05, 0.1) is 17.8 Å². The summed E-state index contributed by atoms with van der Waals surface area (Å²) in [6.45, 7) is 5.80. The van der Waals surface area contributed by atoms with E-state index in [1.54, 1.807) is 18.3 Å². The van der Waals surface area contributed by atoms with Gasteiger partial charge in [-0.05, 0) is 38.5 Å². The molecule has 0 bridgehead atoms. The Morgan fingerprint density at radius 2 is 1.87 bits per heavy atom. The quantitative estimate of drug-likeness (QED) is 0.546. The van der Waals surface area contributed by atoms with Crippen molar-refractivity contribution in [2.24, 2.45) is 5.16 Å². The van der Waals surface area contributed by atoms with Gasteiger partial charge in [-0.2, -0.15) is 5.26 Å². The predicted molar refractivity (Wildman–Crippen MR) is 59.6 cm³/mol. The van der Waals surface area contributed by atoms with Gasteiger partial charge in [-0.1, -0.05) is 17.3 Å². The van der Waals surface area contributed by atoms with E-state index < -0.39 is 0 Å². The molecule has 0 saturated carbocycles. The normalized spacial score (nSPS) is 11.3. The number of nitrogens with zero attached hydrogens (tertiary/aromatic N) is 2. The molecule has 0 saturated heterocycles.